The highest BCUT2D eigenvalue weighted by atomic mass is 16.5. The minimum absolute atomic E-state index is 0.0476. The summed E-state index contributed by atoms with van der Waals surface area (Å²) in [6.07, 6.45) is 1.48. The number of ether oxygens (including phenoxy) is 2. The van der Waals surface area contributed by atoms with Crippen molar-refractivity contribution in [1.82, 2.24) is 0 Å². The Morgan fingerprint density at radius 1 is 1.04 bits per heavy atom. The molecule has 0 atom stereocenters. The first kappa shape index (κ1) is 16.8. The van der Waals surface area contributed by atoms with Crippen molar-refractivity contribution in [2.75, 3.05) is 19.5 Å². The van der Waals surface area contributed by atoms with E-state index in [1.54, 1.807) is 13.2 Å². The minimum atomic E-state index is -1.08. The van der Waals surface area contributed by atoms with Gasteiger partial charge in [-0.1, -0.05) is 18.2 Å². The Morgan fingerprint density at radius 2 is 1.72 bits per heavy atom. The van der Waals surface area contributed by atoms with Crippen LogP contribution < -0.4 is 14.8 Å². The Bertz CT molecular complexity index is 826. The molecule has 2 aromatic carbocycles. The highest BCUT2D eigenvalue weighted by molar-refractivity contribution is 6.02. The summed E-state index contributed by atoms with van der Waals surface area (Å²) >= 11 is 0. The molecule has 25 heavy (non-hydrogen) atoms. The van der Waals surface area contributed by atoms with Crippen LogP contribution in [0.5, 0.6) is 11.5 Å². The van der Waals surface area contributed by atoms with Crippen molar-refractivity contribution in [3.8, 4) is 11.5 Å². The third-order valence-electron chi connectivity index (χ3n) is 4.50. The van der Waals surface area contributed by atoms with E-state index in [1.807, 2.05) is 24.3 Å². The number of benzene rings is 2. The first-order valence-corrected chi connectivity index (χ1v) is 7.88. The molecule has 1 saturated carbocycles. The van der Waals surface area contributed by atoms with E-state index >= 15 is 0 Å². The summed E-state index contributed by atoms with van der Waals surface area (Å²) in [5.74, 6) is -0.328. The molecule has 3 rings (SSSR count). The van der Waals surface area contributed by atoms with Crippen molar-refractivity contribution in [3.63, 3.8) is 0 Å². The standard InChI is InChI=1S/C19H19NO5/c1-24-15-6-4-3-5-14(15)19(9-10-19)18(23)20-12-7-8-13(17(21)22)16(11-12)25-2/h3-8,11H,9-10H2,1-2H3,(H,20,23)(H,21,22). The van der Waals surface area contributed by atoms with Gasteiger partial charge in [0.25, 0.3) is 0 Å². The predicted octanol–water partition coefficient (Wildman–Crippen LogP) is 3.07. The van der Waals surface area contributed by atoms with Crippen LogP contribution in [-0.4, -0.2) is 31.2 Å². The van der Waals surface area contributed by atoms with Crippen molar-refractivity contribution in [2.24, 2.45) is 0 Å². The van der Waals surface area contributed by atoms with Gasteiger partial charge >= 0.3 is 5.97 Å². The highest BCUT2D eigenvalue weighted by Crippen LogP contribution is 2.52. The van der Waals surface area contributed by atoms with Crippen molar-refractivity contribution in [3.05, 3.63) is 53.6 Å². The number of carbonyl (C=O) groups excluding carboxylic acids is 1. The molecule has 1 aliphatic rings. The maximum absolute atomic E-state index is 12.9. The number of methoxy groups -OCH3 is 2. The van der Waals surface area contributed by atoms with Gasteiger partial charge in [-0.15, -0.1) is 0 Å². The lowest BCUT2D eigenvalue weighted by Crippen LogP contribution is -2.28. The monoisotopic (exact) mass is 341 g/mol. The second-order valence-corrected chi connectivity index (χ2v) is 5.96. The Kier molecular flexibility index (Phi) is 4.35. The fourth-order valence-corrected chi connectivity index (χ4v) is 2.98. The number of carboxylic acid groups (broad SMARTS) is 1. The van der Waals surface area contributed by atoms with Gasteiger partial charge in [0, 0.05) is 17.3 Å². The Balaban J connectivity index is 1.86. The predicted molar refractivity (Wildman–Crippen MR) is 92.5 cm³/mol. The molecule has 0 heterocycles. The molecule has 0 bridgehead atoms. The number of nitrogens with one attached hydrogen (secondary N) is 1. The molecule has 0 aliphatic heterocycles. The summed E-state index contributed by atoms with van der Waals surface area (Å²) in [7, 11) is 2.98. The molecule has 2 N–H and O–H groups in total. The topological polar surface area (TPSA) is 84.9 Å². The molecule has 2 aromatic rings. The molecule has 130 valence electrons. The van der Waals surface area contributed by atoms with Crippen LogP contribution in [0, 0.1) is 0 Å². The lowest BCUT2D eigenvalue weighted by Gasteiger charge is -2.19. The first-order valence-electron chi connectivity index (χ1n) is 7.88. The zero-order chi connectivity index (χ0) is 18.0. The lowest BCUT2D eigenvalue weighted by molar-refractivity contribution is -0.118. The molecule has 0 spiro atoms. The van der Waals surface area contributed by atoms with Gasteiger partial charge in [0.05, 0.1) is 19.6 Å². The second-order valence-electron chi connectivity index (χ2n) is 5.96. The average Bonchev–Trinajstić information content (AvgIpc) is 3.43. The molecule has 1 aliphatic carbocycles. The van der Waals surface area contributed by atoms with Crippen LogP contribution in [0.2, 0.25) is 0 Å². The van der Waals surface area contributed by atoms with E-state index in [2.05, 4.69) is 5.32 Å². The van der Waals surface area contributed by atoms with E-state index in [0.717, 1.165) is 18.4 Å². The van der Waals surface area contributed by atoms with E-state index in [4.69, 9.17) is 14.6 Å². The van der Waals surface area contributed by atoms with E-state index in [1.165, 1.54) is 19.2 Å². The largest absolute Gasteiger partial charge is 0.496 e. The van der Waals surface area contributed by atoms with Gasteiger partial charge in [-0.2, -0.15) is 0 Å². The summed E-state index contributed by atoms with van der Waals surface area (Å²) in [6, 6.07) is 12.0. The van der Waals surface area contributed by atoms with Gasteiger partial charge in [-0.05, 0) is 31.0 Å². The maximum Gasteiger partial charge on any atom is 0.339 e. The van der Waals surface area contributed by atoms with E-state index < -0.39 is 11.4 Å². The SMILES string of the molecule is COc1cc(NC(=O)C2(c3ccccc3OC)CC2)ccc1C(=O)O. The molecule has 1 fully saturated rings. The van der Waals surface area contributed by atoms with Gasteiger partial charge in [0.15, 0.2) is 0 Å². The maximum atomic E-state index is 12.9. The van der Waals surface area contributed by atoms with Crippen LogP contribution in [0.3, 0.4) is 0 Å². The fourth-order valence-electron chi connectivity index (χ4n) is 2.98. The number of carboxylic acids is 1. The van der Waals surface area contributed by atoms with Crippen LogP contribution in [0.15, 0.2) is 42.5 Å². The van der Waals surface area contributed by atoms with Crippen LogP contribution >= 0.6 is 0 Å². The summed E-state index contributed by atoms with van der Waals surface area (Å²) in [5, 5.41) is 12.0. The molecule has 6 nitrogen and oxygen atoms in total. The number of hydrogen-bond donors (Lipinski definition) is 2. The summed E-state index contributed by atoms with van der Waals surface area (Å²) in [5.41, 5.74) is 0.800. The molecule has 1 amide bonds. The molecular weight excluding hydrogens is 322 g/mol. The van der Waals surface area contributed by atoms with Crippen LogP contribution in [0.4, 0.5) is 5.69 Å². The van der Waals surface area contributed by atoms with Gasteiger partial charge in [0.1, 0.15) is 17.1 Å². The molecule has 0 radical (unpaired) electrons. The number of amides is 1. The fraction of sp³-hybridized carbons (Fsp3) is 0.263. The molecule has 0 saturated heterocycles. The van der Waals surface area contributed by atoms with Gasteiger partial charge in [-0.25, -0.2) is 4.79 Å². The number of carbonyl (C=O) groups is 2. The Morgan fingerprint density at radius 3 is 2.32 bits per heavy atom. The van der Waals surface area contributed by atoms with Gasteiger partial charge in [-0.3, -0.25) is 4.79 Å². The summed E-state index contributed by atoms with van der Waals surface area (Å²) < 4.78 is 10.5. The van der Waals surface area contributed by atoms with Crippen LogP contribution in [-0.2, 0) is 10.2 Å². The lowest BCUT2D eigenvalue weighted by atomic mass is 9.93. The molecule has 0 aromatic heterocycles. The number of hydrogen-bond acceptors (Lipinski definition) is 4. The van der Waals surface area contributed by atoms with E-state index in [0.29, 0.717) is 11.4 Å². The van der Waals surface area contributed by atoms with Crippen molar-refractivity contribution >= 4 is 17.6 Å². The second kappa shape index (κ2) is 6.47. The van der Waals surface area contributed by atoms with E-state index in [9.17, 15) is 9.59 Å². The zero-order valence-electron chi connectivity index (χ0n) is 14.0. The van der Waals surface area contributed by atoms with Gasteiger partial charge < -0.3 is 19.9 Å². The van der Waals surface area contributed by atoms with Crippen molar-refractivity contribution in [2.45, 2.75) is 18.3 Å². The molecule has 6 heteroatoms. The number of anilines is 1. The first-order chi connectivity index (χ1) is 12.0. The van der Waals surface area contributed by atoms with Gasteiger partial charge in [0.2, 0.25) is 5.91 Å². The minimum Gasteiger partial charge on any atom is -0.496 e. The Labute approximate surface area is 145 Å². The Hall–Kier alpha value is -3.02. The highest BCUT2D eigenvalue weighted by Gasteiger charge is 2.52. The summed E-state index contributed by atoms with van der Waals surface area (Å²) in [6.45, 7) is 0. The van der Waals surface area contributed by atoms with E-state index in [-0.39, 0.29) is 17.2 Å². The normalized spacial score (nSPS) is 14.5. The summed E-state index contributed by atoms with van der Waals surface area (Å²) in [4.78, 5) is 24.0. The van der Waals surface area contributed by atoms with Crippen molar-refractivity contribution < 1.29 is 24.2 Å². The quantitative estimate of drug-likeness (QED) is 0.843. The number of aromatic carboxylic acids is 1. The number of rotatable bonds is 6. The number of para-hydroxylation sites is 1. The van der Waals surface area contributed by atoms with Crippen LogP contribution in [0.25, 0.3) is 0 Å². The molecule has 0 unspecified atom stereocenters. The van der Waals surface area contributed by atoms with Crippen LogP contribution in [0.1, 0.15) is 28.8 Å². The molecular formula is C19H19NO5. The smallest absolute Gasteiger partial charge is 0.339 e. The average molecular weight is 341 g/mol. The zero-order valence-corrected chi connectivity index (χ0v) is 14.0. The van der Waals surface area contributed by atoms with Crippen molar-refractivity contribution in [1.29, 1.82) is 0 Å². The third-order valence-corrected chi connectivity index (χ3v) is 4.50. The third kappa shape index (κ3) is 3.03.